The van der Waals surface area contributed by atoms with E-state index in [-0.39, 0.29) is 18.7 Å². The van der Waals surface area contributed by atoms with Crippen molar-refractivity contribution < 1.29 is 23.5 Å². The molecular weight excluding hydrogens is 478 g/mol. The van der Waals surface area contributed by atoms with E-state index in [0.717, 1.165) is 32.3 Å². The molecule has 0 spiro atoms. The predicted molar refractivity (Wildman–Crippen MR) is 137 cm³/mol. The van der Waals surface area contributed by atoms with Crippen LogP contribution >= 0.6 is 11.5 Å². The van der Waals surface area contributed by atoms with Crippen molar-refractivity contribution in [3.8, 4) is 27.8 Å². The Balaban J connectivity index is 1.37. The number of fused-ring (bicyclic) bond motifs is 1. The SMILES string of the molecule is Cc1nsc(-c2ccc3cc(-c4cnc(OC=O)o4)ccc3c2)c1NC(=O)OC(C)c1ccccc1. The van der Waals surface area contributed by atoms with Crippen molar-refractivity contribution in [1.29, 1.82) is 0 Å². The Bertz CT molecular complexity index is 1540. The average Bonchev–Trinajstić information content (AvgIpc) is 3.51. The van der Waals surface area contributed by atoms with E-state index in [4.69, 9.17) is 9.15 Å². The summed E-state index contributed by atoms with van der Waals surface area (Å²) >= 11 is 1.32. The van der Waals surface area contributed by atoms with Crippen LogP contribution in [0.3, 0.4) is 0 Å². The molecule has 1 amide bonds. The van der Waals surface area contributed by atoms with Crippen molar-refractivity contribution in [2.45, 2.75) is 20.0 Å². The zero-order chi connectivity index (χ0) is 25.1. The van der Waals surface area contributed by atoms with Gasteiger partial charge in [0.1, 0.15) is 6.10 Å². The average molecular weight is 500 g/mol. The molecule has 0 aliphatic heterocycles. The van der Waals surface area contributed by atoms with Gasteiger partial charge >= 0.3 is 18.6 Å². The number of hydrogen-bond donors (Lipinski definition) is 1. The third-order valence-corrected chi connectivity index (χ3v) is 6.65. The number of anilines is 1. The molecule has 36 heavy (non-hydrogen) atoms. The number of nitrogens with one attached hydrogen (secondary N) is 1. The van der Waals surface area contributed by atoms with E-state index in [2.05, 4.69) is 19.4 Å². The van der Waals surface area contributed by atoms with Gasteiger partial charge in [-0.25, -0.2) is 4.79 Å². The van der Waals surface area contributed by atoms with Crippen molar-refractivity contribution in [2.75, 3.05) is 5.32 Å². The molecule has 1 unspecified atom stereocenters. The minimum Gasteiger partial charge on any atom is -0.441 e. The summed E-state index contributed by atoms with van der Waals surface area (Å²) in [5, 5.41) is 4.86. The van der Waals surface area contributed by atoms with E-state index in [1.54, 1.807) is 0 Å². The molecule has 0 aliphatic carbocycles. The summed E-state index contributed by atoms with van der Waals surface area (Å²) in [6.07, 6.45) is 0.477. The van der Waals surface area contributed by atoms with Crippen LogP contribution in [-0.4, -0.2) is 21.9 Å². The highest BCUT2D eigenvalue weighted by Gasteiger charge is 2.18. The maximum atomic E-state index is 12.7. The van der Waals surface area contributed by atoms with E-state index in [1.165, 1.54) is 17.7 Å². The zero-order valence-corrected chi connectivity index (χ0v) is 20.2. The minimum absolute atomic E-state index is 0.104. The highest BCUT2D eigenvalue weighted by Crippen LogP contribution is 2.37. The van der Waals surface area contributed by atoms with Crippen LogP contribution in [0, 0.1) is 6.92 Å². The molecule has 1 atom stereocenters. The van der Waals surface area contributed by atoms with E-state index in [1.807, 2.05) is 80.6 Å². The molecule has 5 aromatic rings. The van der Waals surface area contributed by atoms with Crippen molar-refractivity contribution >= 4 is 40.6 Å². The highest BCUT2D eigenvalue weighted by atomic mass is 32.1. The van der Waals surface area contributed by atoms with Crippen molar-refractivity contribution in [1.82, 2.24) is 9.36 Å². The first-order valence-electron chi connectivity index (χ1n) is 11.1. The molecule has 0 saturated heterocycles. The molecular formula is C27H21N3O5S. The molecule has 180 valence electrons. The molecule has 9 heteroatoms. The number of ether oxygens (including phenoxy) is 2. The second-order valence-electron chi connectivity index (χ2n) is 8.04. The lowest BCUT2D eigenvalue weighted by molar-refractivity contribution is -0.122. The molecule has 3 aromatic carbocycles. The summed E-state index contributed by atoms with van der Waals surface area (Å²) in [4.78, 5) is 27.9. The molecule has 0 fully saturated rings. The molecule has 0 bridgehead atoms. The van der Waals surface area contributed by atoms with Gasteiger partial charge in [0, 0.05) is 5.56 Å². The summed E-state index contributed by atoms with van der Waals surface area (Å²) in [7, 11) is 0. The molecule has 0 radical (unpaired) electrons. The van der Waals surface area contributed by atoms with Gasteiger partial charge in [-0.3, -0.25) is 10.1 Å². The minimum atomic E-state index is -0.536. The lowest BCUT2D eigenvalue weighted by Gasteiger charge is -2.15. The fourth-order valence-electron chi connectivity index (χ4n) is 3.83. The number of oxazole rings is 1. The van der Waals surface area contributed by atoms with Crippen LogP contribution < -0.4 is 10.1 Å². The summed E-state index contributed by atoms with van der Waals surface area (Å²) in [6.45, 7) is 3.95. The smallest absolute Gasteiger partial charge is 0.412 e. The molecule has 0 saturated carbocycles. The van der Waals surface area contributed by atoms with E-state index >= 15 is 0 Å². The zero-order valence-electron chi connectivity index (χ0n) is 19.4. The lowest BCUT2D eigenvalue weighted by atomic mass is 10.0. The molecule has 8 nitrogen and oxygen atoms in total. The molecule has 0 aliphatic rings. The predicted octanol–water partition coefficient (Wildman–Crippen LogP) is 6.77. The van der Waals surface area contributed by atoms with Crippen LogP contribution in [0.25, 0.3) is 32.5 Å². The van der Waals surface area contributed by atoms with Gasteiger partial charge in [0.15, 0.2) is 5.76 Å². The fraction of sp³-hybridized carbons (Fsp3) is 0.111. The van der Waals surface area contributed by atoms with Gasteiger partial charge in [-0.1, -0.05) is 54.6 Å². The number of nitrogens with zero attached hydrogens (tertiary/aromatic N) is 2. The van der Waals surface area contributed by atoms with Gasteiger partial charge in [0.05, 0.1) is 22.5 Å². The Morgan fingerprint density at radius 3 is 2.53 bits per heavy atom. The molecule has 2 aromatic heterocycles. The van der Waals surface area contributed by atoms with Crippen LogP contribution in [0.1, 0.15) is 24.3 Å². The number of hydrogen-bond acceptors (Lipinski definition) is 8. The van der Waals surface area contributed by atoms with Crippen molar-refractivity contribution in [3.63, 3.8) is 0 Å². The summed E-state index contributed by atoms with van der Waals surface area (Å²) < 4.78 is 20.1. The second-order valence-corrected chi connectivity index (χ2v) is 8.81. The van der Waals surface area contributed by atoms with Gasteiger partial charge in [-0.05, 0) is 59.4 Å². The van der Waals surface area contributed by atoms with Gasteiger partial charge in [-0.15, -0.1) is 0 Å². The summed E-state index contributed by atoms with van der Waals surface area (Å²) in [5.74, 6) is 0.491. The maximum Gasteiger partial charge on any atom is 0.412 e. The normalized spacial score (nSPS) is 11.7. The number of carbonyl (C=O) groups is 2. The van der Waals surface area contributed by atoms with E-state index in [0.29, 0.717) is 17.1 Å². The Morgan fingerprint density at radius 2 is 1.78 bits per heavy atom. The van der Waals surface area contributed by atoms with E-state index < -0.39 is 6.09 Å². The first kappa shape index (κ1) is 23.3. The molecule has 1 N–H and O–H groups in total. The summed E-state index contributed by atoms with van der Waals surface area (Å²) in [5.41, 5.74) is 3.99. The van der Waals surface area contributed by atoms with Crippen LogP contribution in [-0.2, 0) is 9.53 Å². The van der Waals surface area contributed by atoms with Crippen molar-refractivity contribution in [3.05, 3.63) is 84.2 Å². The lowest BCUT2D eigenvalue weighted by Crippen LogP contribution is -2.16. The van der Waals surface area contributed by atoms with Gasteiger partial charge in [0.2, 0.25) is 0 Å². The summed E-state index contributed by atoms with van der Waals surface area (Å²) in [6, 6.07) is 21.4. The first-order valence-corrected chi connectivity index (χ1v) is 11.9. The Kier molecular flexibility index (Phi) is 6.46. The van der Waals surface area contributed by atoms with Crippen molar-refractivity contribution in [2.24, 2.45) is 0 Å². The highest BCUT2D eigenvalue weighted by molar-refractivity contribution is 7.10. The number of amides is 1. The van der Waals surface area contributed by atoms with Gasteiger partial charge < -0.3 is 13.9 Å². The monoisotopic (exact) mass is 499 g/mol. The second kappa shape index (κ2) is 10.0. The van der Waals surface area contributed by atoms with Gasteiger partial charge in [-0.2, -0.15) is 9.36 Å². The number of rotatable bonds is 7. The van der Waals surface area contributed by atoms with Gasteiger partial charge in [0.25, 0.3) is 0 Å². The third kappa shape index (κ3) is 4.82. The topological polar surface area (TPSA) is 104 Å². The largest absolute Gasteiger partial charge is 0.441 e. The number of aryl methyl sites for hydroxylation is 1. The maximum absolute atomic E-state index is 12.7. The Labute approximate surface area is 210 Å². The number of benzene rings is 3. The number of carbonyl (C=O) groups excluding carboxylic acids is 2. The Hall–Kier alpha value is -4.50. The van der Waals surface area contributed by atoms with Crippen LogP contribution in [0.5, 0.6) is 6.08 Å². The fourth-order valence-corrected chi connectivity index (χ4v) is 4.67. The van der Waals surface area contributed by atoms with Crippen LogP contribution in [0.15, 0.2) is 77.3 Å². The standard InChI is InChI=1S/C27H21N3O5S/c1-16-24(29-26(32)34-17(2)18-6-4-3-5-7-18)25(36-30-16)22-11-9-19-12-21(10-8-20(19)13-22)23-14-28-27(35-23)33-15-31/h3-15,17H,1-2H3,(H,29,32). The molecule has 2 heterocycles. The molecule has 5 rings (SSSR count). The van der Waals surface area contributed by atoms with E-state index in [9.17, 15) is 9.59 Å². The Morgan fingerprint density at radius 1 is 1.06 bits per heavy atom. The quantitative estimate of drug-likeness (QED) is 0.246. The van der Waals surface area contributed by atoms with Crippen LogP contribution in [0.2, 0.25) is 0 Å². The first-order chi connectivity index (χ1) is 17.5. The number of aromatic nitrogens is 2. The van der Waals surface area contributed by atoms with Crippen LogP contribution in [0.4, 0.5) is 10.5 Å². The third-order valence-electron chi connectivity index (χ3n) is 5.66.